The smallest absolute Gasteiger partial charge is 0.429 e. The van der Waals surface area contributed by atoms with Crippen molar-refractivity contribution < 1.29 is 113 Å². The first-order chi connectivity index (χ1) is 19.4. The topological polar surface area (TPSA) is 9.23 Å². The Morgan fingerprint density at radius 2 is 1.24 bits per heavy atom. The second-order valence-electron chi connectivity index (χ2n) is 9.18. The molecule has 0 atom stereocenters. The van der Waals surface area contributed by atoms with Crippen LogP contribution in [0.25, 0.3) is 22.3 Å². The van der Waals surface area contributed by atoms with Crippen molar-refractivity contribution in [2.45, 2.75) is 19.0 Å². The number of rotatable bonds is 6. The maximum absolute atomic E-state index is 15.1. The summed E-state index contributed by atoms with van der Waals surface area (Å²) in [4.78, 5) is 0. The molecule has 11 heteroatoms. The van der Waals surface area contributed by atoms with Crippen LogP contribution in [0.4, 0.5) is 39.5 Å². The van der Waals surface area contributed by atoms with Crippen molar-refractivity contribution in [3.8, 4) is 28.0 Å². The second kappa shape index (κ2) is 13.1. The summed E-state index contributed by atoms with van der Waals surface area (Å²) in [6, 6.07) is 8.84. The number of ether oxygens (including phenoxy) is 1. The van der Waals surface area contributed by atoms with Crippen molar-refractivity contribution in [3.63, 3.8) is 0 Å². The number of alkyl halides is 2. The van der Waals surface area contributed by atoms with E-state index < -0.39 is 63.7 Å². The van der Waals surface area contributed by atoms with E-state index in [1.165, 1.54) is 18.2 Å². The maximum Gasteiger partial charge on any atom is 1.00 e. The molecule has 1 aliphatic rings. The predicted molar refractivity (Wildman–Crippen MR) is 133 cm³/mol. The Bertz CT molecular complexity index is 1620. The van der Waals surface area contributed by atoms with Crippen LogP contribution in [0.5, 0.6) is 5.75 Å². The molecule has 0 heterocycles. The Morgan fingerprint density at radius 3 is 1.81 bits per heavy atom. The zero-order valence-electron chi connectivity index (χ0n) is 21.7. The van der Waals surface area contributed by atoms with Gasteiger partial charge in [0.2, 0.25) is 0 Å². The van der Waals surface area contributed by atoms with Gasteiger partial charge in [0, 0.05) is 17.7 Å². The molecule has 0 saturated heterocycles. The Kier molecular flexibility index (Phi) is 10.1. The summed E-state index contributed by atoms with van der Waals surface area (Å²) in [7, 11) is 0. The van der Waals surface area contributed by atoms with E-state index in [9.17, 15) is 35.1 Å². The molecule has 4 aromatic carbocycles. The summed E-state index contributed by atoms with van der Waals surface area (Å²) in [5.41, 5.74) is -1.88. The number of allylic oxidation sites excluding steroid dienone is 2. The molecule has 1 aliphatic carbocycles. The quantitative estimate of drug-likeness (QED) is 0.125. The third kappa shape index (κ3) is 6.71. The fourth-order valence-electron chi connectivity index (χ4n) is 4.51. The molecule has 212 valence electrons. The van der Waals surface area contributed by atoms with Crippen molar-refractivity contribution in [1.29, 1.82) is 0 Å². The molecule has 1 nitrogen and oxygen atoms in total. The Labute approximate surface area is 293 Å². The van der Waals surface area contributed by atoms with Crippen molar-refractivity contribution in [2.75, 3.05) is 0 Å². The van der Waals surface area contributed by atoms with E-state index in [0.717, 1.165) is 30.9 Å². The van der Waals surface area contributed by atoms with Gasteiger partial charge in [-0.05, 0) is 34.9 Å². The summed E-state index contributed by atoms with van der Waals surface area (Å²) >= 11 is 0. The Morgan fingerprint density at radius 1 is 0.667 bits per heavy atom. The number of benzene rings is 4. The van der Waals surface area contributed by atoms with Crippen LogP contribution in [0.15, 0.2) is 72.8 Å². The van der Waals surface area contributed by atoms with Crippen molar-refractivity contribution in [1.82, 2.24) is 0 Å². The number of halogens is 9. The molecule has 0 fully saturated rings. The van der Waals surface area contributed by atoms with E-state index in [-0.39, 0.29) is 97.7 Å². The minimum atomic E-state index is -4.79. The van der Waals surface area contributed by atoms with E-state index in [4.69, 9.17) is 0 Å². The van der Waals surface area contributed by atoms with Gasteiger partial charge in [0.05, 0.1) is 5.82 Å². The first kappa shape index (κ1) is 32.5. The normalized spacial score (nSPS) is 13.0. The van der Waals surface area contributed by atoms with E-state index >= 15 is 4.39 Å². The number of hydrogen-bond acceptors (Lipinski definition) is 1. The van der Waals surface area contributed by atoms with Gasteiger partial charge in [0.1, 0.15) is 28.8 Å². The molecule has 0 bridgehead atoms. The van der Waals surface area contributed by atoms with Gasteiger partial charge < -0.3 is 10.8 Å². The van der Waals surface area contributed by atoms with Crippen LogP contribution >= 0.6 is 0 Å². The third-order valence-corrected chi connectivity index (χ3v) is 6.48. The van der Waals surface area contributed by atoms with Crippen molar-refractivity contribution in [3.05, 3.63) is 137 Å². The molecule has 42 heavy (non-hydrogen) atoms. The number of hydrogen-bond donors (Lipinski definition) is 0. The van der Waals surface area contributed by atoms with Crippen molar-refractivity contribution in [2.24, 2.45) is 0 Å². The van der Waals surface area contributed by atoms with Gasteiger partial charge in [-0.15, -0.1) is 18.6 Å². The second-order valence-corrected chi connectivity index (χ2v) is 9.18. The summed E-state index contributed by atoms with van der Waals surface area (Å²) in [6.45, 7) is 0. The molecular weight excluding hydrogens is 692 g/mol. The minimum absolute atomic E-state index is 0. The third-order valence-electron chi connectivity index (χ3n) is 6.48. The molecule has 0 unspecified atom stereocenters. The van der Waals surface area contributed by atoms with Crippen LogP contribution in [0.2, 0.25) is 0 Å². The molecule has 0 saturated carbocycles. The zero-order valence-corrected chi connectivity index (χ0v) is 28.0. The summed E-state index contributed by atoms with van der Waals surface area (Å²) in [5.74, 6) is -11.3. The fraction of sp³-hybridized carbons (Fsp3) is 0.0968. The largest absolute Gasteiger partial charge is 1.00 e. The van der Waals surface area contributed by atoms with Crippen LogP contribution in [0, 0.1) is 53.1 Å². The van der Waals surface area contributed by atoms with Gasteiger partial charge in [-0.2, -0.15) is 14.3 Å². The van der Waals surface area contributed by atoms with Crippen molar-refractivity contribution >= 4 is 0 Å². The standard InChI is InChI=1S/C31H17F9O.Cs/c32-23-10-17(16-4-2-1-3-5-16)6-8-21(23)18-7-9-22(24(33)11-18)19-12-25(34)29(26(35)13-19)31(39,40)41-20-14-27(36)30(38)28(37)15-20;/h1-2,4,6-15H,3,5H2;/q-2;+1. The van der Waals surface area contributed by atoms with Gasteiger partial charge in [-0.3, -0.25) is 12.5 Å². The molecule has 0 N–H and O–H groups in total. The molecule has 0 aromatic heterocycles. The van der Waals surface area contributed by atoms with E-state index in [1.54, 1.807) is 6.07 Å². The van der Waals surface area contributed by atoms with E-state index in [2.05, 4.69) is 4.74 Å². The summed E-state index contributed by atoms with van der Waals surface area (Å²) in [5, 5.41) is 0. The van der Waals surface area contributed by atoms with Gasteiger partial charge in [0.15, 0.2) is 17.5 Å². The molecule has 0 amide bonds. The van der Waals surface area contributed by atoms with Crippen LogP contribution in [0.3, 0.4) is 0 Å². The molecule has 0 spiro atoms. The Balaban J connectivity index is 0.00000405. The first-order valence-electron chi connectivity index (χ1n) is 12.1. The monoisotopic (exact) mass is 709 g/mol. The predicted octanol–water partition coefficient (Wildman–Crippen LogP) is 6.60. The minimum Gasteiger partial charge on any atom is -0.429 e. The van der Waals surface area contributed by atoms with Gasteiger partial charge >= 0.3 is 75.0 Å². The van der Waals surface area contributed by atoms with Crippen LogP contribution < -0.4 is 73.6 Å². The van der Waals surface area contributed by atoms with Crippen LogP contribution in [-0.2, 0) is 6.11 Å². The van der Waals surface area contributed by atoms with Crippen LogP contribution in [0.1, 0.15) is 24.0 Å². The molecule has 4 aromatic rings. The first-order valence-corrected chi connectivity index (χ1v) is 12.1. The average Bonchev–Trinajstić information content (AvgIpc) is 2.91. The SMILES string of the molecule is Fc1cc(-c2ccc([C-]3C=C[CH-]CC3)cc2F)ccc1-c1cc(F)c(C(F)(F)Oc2cc(F)c(F)c(F)c2)c(F)c1.[Cs+]. The Hall–Kier alpha value is -2.42. The summed E-state index contributed by atoms with van der Waals surface area (Å²) in [6.07, 6.45) is 2.51. The molecule has 5 rings (SSSR count). The average molecular weight is 709 g/mol. The van der Waals surface area contributed by atoms with Gasteiger partial charge in [0.25, 0.3) is 0 Å². The summed E-state index contributed by atoms with van der Waals surface area (Å²) < 4.78 is 133. The maximum atomic E-state index is 15.1. The van der Waals surface area contributed by atoms with E-state index in [0.29, 0.717) is 17.7 Å². The van der Waals surface area contributed by atoms with Crippen LogP contribution in [-0.4, -0.2) is 0 Å². The molecule has 0 radical (unpaired) electrons. The van der Waals surface area contributed by atoms with Gasteiger partial charge in [-0.1, -0.05) is 24.6 Å². The van der Waals surface area contributed by atoms with E-state index in [1.807, 2.05) is 18.6 Å². The zero-order chi connectivity index (χ0) is 29.5. The molecule has 0 aliphatic heterocycles. The fourth-order valence-corrected chi connectivity index (χ4v) is 4.51. The molecular formula is C31H17CsF9O-. The van der Waals surface area contributed by atoms with Gasteiger partial charge in [-0.25, -0.2) is 36.7 Å².